The first-order chi connectivity index (χ1) is 11.9. The van der Waals surface area contributed by atoms with E-state index in [4.69, 9.17) is 4.74 Å². The average Bonchev–Trinajstić information content (AvgIpc) is 2.44. The van der Waals surface area contributed by atoms with Crippen molar-refractivity contribution >= 4 is 27.7 Å². The molecule has 0 aliphatic rings. The fourth-order valence-electron chi connectivity index (χ4n) is 1.91. The molecule has 0 unspecified atom stereocenters. The molecule has 0 atom stereocenters. The predicted molar refractivity (Wildman–Crippen MR) is 99.4 cm³/mol. The SMILES string of the molecule is CC(C)NS(=O)(=O)c1ccc(NC(=O)CCNC(=O)OC(C)(C)C)cc1. The van der Waals surface area contributed by atoms with E-state index >= 15 is 0 Å². The summed E-state index contributed by atoms with van der Waals surface area (Å²) in [5.41, 5.74) is -0.130. The zero-order chi connectivity index (χ0) is 20.0. The fraction of sp³-hybridized carbons (Fsp3) is 0.529. The van der Waals surface area contributed by atoms with Crippen molar-refractivity contribution in [1.82, 2.24) is 10.0 Å². The van der Waals surface area contributed by atoms with Crippen molar-refractivity contribution in [2.24, 2.45) is 0 Å². The number of anilines is 1. The van der Waals surface area contributed by atoms with Crippen molar-refractivity contribution in [2.45, 2.75) is 57.6 Å². The van der Waals surface area contributed by atoms with Gasteiger partial charge in [-0.15, -0.1) is 0 Å². The topological polar surface area (TPSA) is 114 Å². The standard InChI is InChI=1S/C17H27N3O5S/c1-12(2)20-26(23,24)14-8-6-13(7-9-14)19-15(21)10-11-18-16(22)25-17(3,4)5/h6-9,12,20H,10-11H2,1-5H3,(H,18,22)(H,19,21). The minimum absolute atomic E-state index is 0.0637. The van der Waals surface area contributed by atoms with E-state index in [-0.39, 0.29) is 29.8 Å². The average molecular weight is 385 g/mol. The van der Waals surface area contributed by atoms with Gasteiger partial charge in [0.1, 0.15) is 5.60 Å². The van der Waals surface area contributed by atoms with Gasteiger partial charge in [0.15, 0.2) is 0 Å². The molecule has 0 aliphatic heterocycles. The number of hydrogen-bond acceptors (Lipinski definition) is 5. The largest absolute Gasteiger partial charge is 0.444 e. The number of alkyl carbamates (subject to hydrolysis) is 1. The highest BCUT2D eigenvalue weighted by molar-refractivity contribution is 7.89. The van der Waals surface area contributed by atoms with Crippen LogP contribution in [0.5, 0.6) is 0 Å². The Morgan fingerprint density at radius 3 is 2.19 bits per heavy atom. The van der Waals surface area contributed by atoms with Crippen molar-refractivity contribution in [1.29, 1.82) is 0 Å². The monoisotopic (exact) mass is 385 g/mol. The van der Waals surface area contributed by atoms with Crippen LogP contribution in [0.4, 0.5) is 10.5 Å². The number of rotatable bonds is 7. The quantitative estimate of drug-likeness (QED) is 0.666. The summed E-state index contributed by atoms with van der Waals surface area (Å²) in [5, 5.41) is 5.13. The third kappa shape index (κ3) is 8.30. The van der Waals surface area contributed by atoms with Gasteiger partial charge in [0.2, 0.25) is 15.9 Å². The third-order valence-electron chi connectivity index (χ3n) is 2.86. The molecule has 2 amide bonds. The molecule has 0 heterocycles. The lowest BCUT2D eigenvalue weighted by atomic mass is 10.2. The van der Waals surface area contributed by atoms with Crippen molar-refractivity contribution in [3.8, 4) is 0 Å². The summed E-state index contributed by atoms with van der Waals surface area (Å²) in [6.07, 6.45) is -0.522. The number of ether oxygens (including phenoxy) is 1. The summed E-state index contributed by atoms with van der Waals surface area (Å²) in [7, 11) is -3.57. The number of carbonyl (C=O) groups is 2. The second kappa shape index (κ2) is 9.00. The number of amides is 2. The molecule has 0 radical (unpaired) electrons. The lowest BCUT2D eigenvalue weighted by molar-refractivity contribution is -0.116. The van der Waals surface area contributed by atoms with E-state index in [1.807, 2.05) is 0 Å². The Bertz CT molecular complexity index is 722. The highest BCUT2D eigenvalue weighted by Gasteiger charge is 2.16. The normalized spacial score (nSPS) is 11.9. The van der Waals surface area contributed by atoms with Gasteiger partial charge in [-0.3, -0.25) is 4.79 Å². The maximum atomic E-state index is 12.0. The summed E-state index contributed by atoms with van der Waals surface area (Å²) >= 11 is 0. The Kier molecular flexibility index (Phi) is 7.58. The van der Waals surface area contributed by atoms with Crippen LogP contribution >= 0.6 is 0 Å². The summed E-state index contributed by atoms with van der Waals surface area (Å²) in [6, 6.07) is 5.64. The Labute approximate surface area is 154 Å². The van der Waals surface area contributed by atoms with E-state index in [9.17, 15) is 18.0 Å². The molecular weight excluding hydrogens is 358 g/mol. The maximum absolute atomic E-state index is 12.0. The molecule has 0 saturated carbocycles. The molecular formula is C17H27N3O5S. The van der Waals surface area contributed by atoms with Crippen molar-refractivity contribution in [2.75, 3.05) is 11.9 Å². The molecule has 26 heavy (non-hydrogen) atoms. The van der Waals surface area contributed by atoms with E-state index in [2.05, 4.69) is 15.4 Å². The molecule has 9 heteroatoms. The first-order valence-corrected chi connectivity index (χ1v) is 9.76. The molecule has 0 spiro atoms. The Balaban J connectivity index is 2.49. The van der Waals surface area contributed by atoms with Crippen LogP contribution in [0.2, 0.25) is 0 Å². The van der Waals surface area contributed by atoms with Crippen LogP contribution in [0.25, 0.3) is 0 Å². The lowest BCUT2D eigenvalue weighted by Gasteiger charge is -2.19. The van der Waals surface area contributed by atoms with E-state index in [0.29, 0.717) is 5.69 Å². The molecule has 8 nitrogen and oxygen atoms in total. The number of carbonyl (C=O) groups excluding carboxylic acids is 2. The molecule has 146 valence electrons. The summed E-state index contributed by atoms with van der Waals surface area (Å²) in [4.78, 5) is 23.5. The van der Waals surface area contributed by atoms with Gasteiger partial charge in [0.05, 0.1) is 4.90 Å². The van der Waals surface area contributed by atoms with Crippen LogP contribution in [0.3, 0.4) is 0 Å². The lowest BCUT2D eigenvalue weighted by Crippen LogP contribution is -2.34. The highest BCUT2D eigenvalue weighted by atomic mass is 32.2. The minimum atomic E-state index is -3.57. The number of sulfonamides is 1. The number of hydrogen-bond donors (Lipinski definition) is 3. The Hall–Kier alpha value is -2.13. The van der Waals surface area contributed by atoms with Crippen LogP contribution in [0, 0.1) is 0 Å². The fourth-order valence-corrected chi connectivity index (χ4v) is 3.16. The molecule has 1 rings (SSSR count). The van der Waals surface area contributed by atoms with Crippen LogP contribution in [0.1, 0.15) is 41.0 Å². The highest BCUT2D eigenvalue weighted by Crippen LogP contribution is 2.14. The molecule has 0 bridgehead atoms. The van der Waals surface area contributed by atoms with Crippen LogP contribution in [-0.4, -0.2) is 38.6 Å². The van der Waals surface area contributed by atoms with Crippen LogP contribution in [0.15, 0.2) is 29.2 Å². The van der Waals surface area contributed by atoms with E-state index in [0.717, 1.165) is 0 Å². The van der Waals surface area contributed by atoms with Gasteiger partial charge in [0.25, 0.3) is 0 Å². The van der Waals surface area contributed by atoms with E-state index < -0.39 is 21.7 Å². The summed E-state index contributed by atoms with van der Waals surface area (Å²) in [5.74, 6) is -0.308. The van der Waals surface area contributed by atoms with Gasteiger partial charge >= 0.3 is 6.09 Å². The Morgan fingerprint density at radius 2 is 1.69 bits per heavy atom. The summed E-state index contributed by atoms with van der Waals surface area (Å²) < 4.78 is 31.6. The Morgan fingerprint density at radius 1 is 1.12 bits per heavy atom. The van der Waals surface area contributed by atoms with E-state index in [1.165, 1.54) is 24.3 Å². The number of benzene rings is 1. The molecule has 0 aromatic heterocycles. The van der Waals surface area contributed by atoms with Gasteiger partial charge in [-0.1, -0.05) is 0 Å². The van der Waals surface area contributed by atoms with Gasteiger partial charge < -0.3 is 15.4 Å². The molecule has 0 saturated heterocycles. The number of nitrogens with one attached hydrogen (secondary N) is 3. The van der Waals surface area contributed by atoms with Gasteiger partial charge in [-0.05, 0) is 58.9 Å². The molecule has 1 aromatic rings. The second-order valence-electron chi connectivity index (χ2n) is 7.03. The van der Waals surface area contributed by atoms with Crippen molar-refractivity contribution in [3.63, 3.8) is 0 Å². The van der Waals surface area contributed by atoms with Crippen molar-refractivity contribution < 1.29 is 22.7 Å². The molecule has 3 N–H and O–H groups in total. The van der Waals surface area contributed by atoms with Gasteiger partial charge in [-0.2, -0.15) is 0 Å². The second-order valence-corrected chi connectivity index (χ2v) is 8.74. The van der Waals surface area contributed by atoms with E-state index in [1.54, 1.807) is 34.6 Å². The van der Waals surface area contributed by atoms with Crippen LogP contribution < -0.4 is 15.4 Å². The summed E-state index contributed by atoms with van der Waals surface area (Å²) in [6.45, 7) is 8.85. The first kappa shape index (κ1) is 21.9. The zero-order valence-electron chi connectivity index (χ0n) is 15.8. The molecule has 0 fully saturated rings. The first-order valence-electron chi connectivity index (χ1n) is 8.28. The minimum Gasteiger partial charge on any atom is -0.444 e. The molecule has 1 aromatic carbocycles. The smallest absolute Gasteiger partial charge is 0.407 e. The predicted octanol–water partition coefficient (Wildman–Crippen LogP) is 2.23. The zero-order valence-corrected chi connectivity index (χ0v) is 16.6. The maximum Gasteiger partial charge on any atom is 0.407 e. The van der Waals surface area contributed by atoms with Gasteiger partial charge in [-0.25, -0.2) is 17.9 Å². The third-order valence-corrected chi connectivity index (χ3v) is 4.53. The van der Waals surface area contributed by atoms with Gasteiger partial charge in [0, 0.05) is 24.7 Å². The van der Waals surface area contributed by atoms with Crippen molar-refractivity contribution in [3.05, 3.63) is 24.3 Å². The molecule has 0 aliphatic carbocycles. The van der Waals surface area contributed by atoms with Crippen LogP contribution in [-0.2, 0) is 19.6 Å².